The van der Waals surface area contributed by atoms with E-state index in [1.165, 1.54) is 79.9 Å². The molecular weight excluding hydrogens is 2100 g/mol. The highest BCUT2D eigenvalue weighted by Gasteiger charge is 2.25. The number of carbonyl (C=O) groups is 4. The van der Waals surface area contributed by atoms with Gasteiger partial charge in [-0.3, -0.25) is 24.9 Å². The second-order valence-electron chi connectivity index (χ2n) is 33.4. The Bertz CT molecular complexity index is 7800. The Balaban J connectivity index is 0.000000226. The minimum absolute atomic E-state index is 0. The summed E-state index contributed by atoms with van der Waals surface area (Å²) in [6, 6.07) is 88.6. The average Bonchev–Trinajstić information content (AvgIpc) is 0.779. The van der Waals surface area contributed by atoms with Crippen LogP contribution in [-0.4, -0.2) is 84.7 Å². The number of methoxy groups -OCH3 is 1. The van der Waals surface area contributed by atoms with Crippen LogP contribution in [0.2, 0.25) is 0 Å². The number of hydrogen-bond donors (Lipinski definition) is 4. The van der Waals surface area contributed by atoms with Gasteiger partial charge in [0.25, 0.3) is 0 Å². The quantitative estimate of drug-likeness (QED) is 0.0223. The minimum atomic E-state index is -1.09. The number of pyridine rings is 5. The van der Waals surface area contributed by atoms with Crippen molar-refractivity contribution >= 4 is 135 Å². The highest BCUT2D eigenvalue weighted by Crippen LogP contribution is 2.41. The summed E-state index contributed by atoms with van der Waals surface area (Å²) in [6.45, 7) is 10.9. The molecule has 0 aliphatic heterocycles. The summed E-state index contributed by atoms with van der Waals surface area (Å²) in [5, 5.41) is 42.3. The summed E-state index contributed by atoms with van der Waals surface area (Å²) >= 11 is 10.7. The summed E-state index contributed by atoms with van der Waals surface area (Å²) in [6.07, 6.45) is 11.5. The molecule has 0 saturated heterocycles. The lowest BCUT2D eigenvalue weighted by Crippen LogP contribution is -2.07. The highest BCUT2D eigenvalue weighted by molar-refractivity contribution is 9.11. The molecule has 0 atom stereocenters. The number of aromatic nitrogens is 5. The summed E-state index contributed by atoms with van der Waals surface area (Å²) in [7, 11) is 1.33. The number of carboxylic acid groups (broad SMARTS) is 3. The van der Waals surface area contributed by atoms with Crippen LogP contribution in [0.4, 0.5) is 22.0 Å². The molecule has 5 heterocycles. The number of benzene rings is 14. The van der Waals surface area contributed by atoms with E-state index in [1.807, 2.05) is 173 Å². The van der Waals surface area contributed by atoms with Gasteiger partial charge in [-0.05, 0) is 269 Å². The van der Waals surface area contributed by atoms with Gasteiger partial charge in [0.1, 0.15) is 111 Å². The summed E-state index contributed by atoms with van der Waals surface area (Å²) in [4.78, 5) is 70.1. The van der Waals surface area contributed by atoms with E-state index in [1.54, 1.807) is 111 Å². The Labute approximate surface area is 898 Å². The van der Waals surface area contributed by atoms with E-state index in [0.717, 1.165) is 121 Å². The lowest BCUT2D eigenvalue weighted by Gasteiger charge is -2.15. The van der Waals surface area contributed by atoms with E-state index in [0.29, 0.717) is 111 Å². The lowest BCUT2D eigenvalue weighted by atomic mass is 9.99. The number of ether oxygens (including phenoxy) is 5. The number of nitrogens with zero attached hydrogens (tertiary/aromatic N) is 5. The van der Waals surface area contributed by atoms with Gasteiger partial charge in [-0.2, -0.15) is 0 Å². The molecule has 19 aromatic rings. The third kappa shape index (κ3) is 31.4. The van der Waals surface area contributed by atoms with Gasteiger partial charge in [0.05, 0.1) is 18.2 Å². The smallest absolute Gasteiger partial charge is 0.341 e. The number of aromatic hydroxyl groups is 1. The van der Waals surface area contributed by atoms with Crippen LogP contribution >= 0.6 is 47.8 Å². The molecule has 4 N–H and O–H groups in total. The molecule has 14 aromatic carbocycles. The molecule has 0 spiro atoms. The topological polar surface area (TPSA) is 260 Å². The van der Waals surface area contributed by atoms with Crippen molar-refractivity contribution in [3.63, 3.8) is 0 Å². The Morgan fingerprint density at radius 1 is 0.273 bits per heavy atom. The lowest BCUT2D eigenvalue weighted by molar-refractivity contribution is 0.0593. The molecule has 18 nitrogen and oxygen atoms in total. The number of phenols is 1. The molecule has 0 radical (unpaired) electrons. The van der Waals surface area contributed by atoms with Crippen molar-refractivity contribution in [2.45, 2.75) is 130 Å². The molecule has 0 aliphatic carbocycles. The monoisotopic (exact) mass is 2220 g/mol. The predicted octanol–water partition coefficient (Wildman–Crippen LogP) is 30.7. The molecule has 150 heavy (non-hydrogen) atoms. The summed E-state index contributed by atoms with van der Waals surface area (Å²) in [5.41, 5.74) is 18.9. The maximum absolute atomic E-state index is 13.2. The maximum Gasteiger partial charge on any atom is 0.341 e. The maximum atomic E-state index is 13.2. The summed E-state index contributed by atoms with van der Waals surface area (Å²) in [5.74, 6) is -3.06. The van der Waals surface area contributed by atoms with Crippen molar-refractivity contribution in [2.75, 3.05) is 7.11 Å². The van der Waals surface area contributed by atoms with Crippen LogP contribution in [0.3, 0.4) is 0 Å². The van der Waals surface area contributed by atoms with Gasteiger partial charge in [0.15, 0.2) is 11.5 Å². The molecule has 27 heteroatoms. The zero-order valence-electron chi connectivity index (χ0n) is 78.8. The fraction of sp³-hybridized carbons (Fsp3) is 0.163. The Morgan fingerprint density at radius 2 is 0.500 bits per heavy atom. The first-order chi connectivity index (χ1) is 69.6. The van der Waals surface area contributed by atoms with Crippen LogP contribution in [0.5, 0.6) is 28.7 Å². The van der Waals surface area contributed by atoms with Crippen LogP contribution in [0.1, 0.15) is 187 Å². The first-order valence-corrected chi connectivity index (χ1v) is 48.0. The fourth-order valence-electron chi connectivity index (χ4n) is 15.8. The Morgan fingerprint density at radius 3 is 0.787 bits per heavy atom. The number of aryl methyl sites for hydroxylation is 3. The van der Waals surface area contributed by atoms with Crippen molar-refractivity contribution < 1.29 is 85.2 Å². The third-order valence-corrected chi connectivity index (χ3v) is 24.9. The zero-order valence-corrected chi connectivity index (χ0v) is 83.6. The van der Waals surface area contributed by atoms with Crippen molar-refractivity contribution in [1.29, 1.82) is 0 Å². The number of fused-ring (bicyclic) bond motifs is 5. The number of carboxylic acids is 3. The van der Waals surface area contributed by atoms with Gasteiger partial charge in [-0.25, -0.2) is 41.1 Å². The van der Waals surface area contributed by atoms with E-state index in [4.69, 9.17) is 28.7 Å². The van der Waals surface area contributed by atoms with Gasteiger partial charge < -0.3 is 44.1 Å². The van der Waals surface area contributed by atoms with Crippen molar-refractivity contribution in [3.8, 4) is 28.7 Å². The van der Waals surface area contributed by atoms with Gasteiger partial charge >= 0.3 is 23.9 Å². The molecule has 774 valence electrons. The molecule has 0 fully saturated rings. The van der Waals surface area contributed by atoms with Gasteiger partial charge in [-0.1, -0.05) is 289 Å². The molecule has 5 aromatic heterocycles. The van der Waals surface area contributed by atoms with Crippen molar-refractivity contribution in [2.24, 2.45) is 0 Å². The van der Waals surface area contributed by atoms with E-state index in [-0.39, 0.29) is 115 Å². The number of hydrogen-bond acceptors (Lipinski definition) is 15. The fourth-order valence-corrected chi connectivity index (χ4v) is 17.6. The Hall–Kier alpha value is -15.8. The second-order valence-corrected chi connectivity index (χ2v) is 35.9. The predicted molar refractivity (Wildman–Crippen MR) is 605 cm³/mol. The van der Waals surface area contributed by atoms with Crippen LogP contribution < -0.4 is 18.9 Å². The molecule has 0 unspecified atom stereocenters. The van der Waals surface area contributed by atoms with Crippen LogP contribution in [0.25, 0.3) is 54.5 Å². The Kier molecular flexibility index (Phi) is 45.3. The second kappa shape index (κ2) is 56.9. The number of halogens is 8. The van der Waals surface area contributed by atoms with Crippen LogP contribution in [0.15, 0.2) is 348 Å². The van der Waals surface area contributed by atoms with Crippen molar-refractivity contribution in [1.82, 2.24) is 24.9 Å². The van der Waals surface area contributed by atoms with E-state index >= 15 is 0 Å². The standard InChI is InChI=1S/C25H19BrFNO3.C25H20FNO3.C24H17BrFNO3.C24H19BrFNO.C18H14FNO3.C2H6.5CH4.BH4/c1-30-25(29)21-13-22(26)20-12-18(11-16-7-9-19(27)10-8-16)14-28-23(20)24(21)31-15-17-5-3-2-4-6-17;1-16-11-22(25(28)29)21-13-19(12-17-7-9-20(26)10-8-17)14-27-23(21)24(16)30-15-18-5-3-2-4-6-18;25-21-12-20(24(28)29)23(30-14-16-4-2-1-3-5-16)22-19(21)11-17(13-27-22)10-15-6-8-18(26)9-7-15;1-16-11-22(25)21-13-19(12-17-7-9-20(26)10-8-17)14-27-23(21)24(16)28-15-18-5-3-2-4-6-18;1-10-6-15(18(22)23)14-8-12(9-20-16(14)17(10)21)7-11-2-4-13(19)5-3-11;1-2;;;;;;/h2-10,12-14H,11,15H2,1H3;2-11,13-14H,12,15H2,1H3,(H,28,29);1-9,11-13H,10,14H2,(H,28,29);2-11,13-14H,12,15H2,1H3;2-6,8-9,21H,7H2,1H3,(H,22,23);1-2H3;6*1H4/q;;;;;;;;;;;-1. The highest BCUT2D eigenvalue weighted by atomic mass is 79.9. The number of carbonyl (C=O) groups excluding carboxylic acids is 1. The zero-order chi connectivity index (χ0) is 102. The molecule has 0 saturated carbocycles. The molecular formula is C123H119BBr3F5N5O13-. The van der Waals surface area contributed by atoms with Gasteiger partial charge in [0, 0.05) is 71.3 Å². The average molecular weight is 2220 g/mol. The number of aromatic carboxylic acids is 3. The first kappa shape index (κ1) is 119. The first-order valence-electron chi connectivity index (χ1n) is 45.6. The van der Waals surface area contributed by atoms with Crippen molar-refractivity contribution in [3.05, 3.63) is 494 Å². The van der Waals surface area contributed by atoms with Gasteiger partial charge in [0.2, 0.25) is 0 Å². The molecule has 19 rings (SSSR count). The molecule has 0 amide bonds. The van der Waals surface area contributed by atoms with E-state index in [9.17, 15) is 61.6 Å². The van der Waals surface area contributed by atoms with Crippen LogP contribution in [-0.2, 0) is 63.3 Å². The number of esters is 1. The SMILES string of the molecule is C.C.C.C.C.CC.COC(=O)c1cc(Br)c2cc(Cc3ccc(F)cc3)cnc2c1OCc1ccccc1.Cc1cc(Br)c2cc(Cc3ccc(F)cc3)cnc2c1OCc1ccccc1.Cc1cc(C(=O)O)c2cc(Cc3ccc(F)cc3)cnc2c1O.Cc1cc(C(=O)O)c2cc(Cc3ccc(F)cc3)cnc2c1OCc1ccccc1.O=C(O)c1cc(Br)c2cc(Cc3ccc(F)cc3)cnc2c1OCc1ccccc1.[BH4-]. The van der Waals surface area contributed by atoms with E-state index in [2.05, 4.69) is 79.9 Å². The normalized spacial score (nSPS) is 10.3. The molecule has 0 bridgehead atoms. The van der Waals surface area contributed by atoms with E-state index < -0.39 is 23.9 Å². The minimum Gasteiger partial charge on any atom is -0.505 e. The number of rotatable bonds is 26. The third-order valence-electron chi connectivity index (χ3n) is 23.0. The van der Waals surface area contributed by atoms with Gasteiger partial charge in [-0.15, -0.1) is 0 Å². The molecule has 0 aliphatic rings. The van der Waals surface area contributed by atoms with Crippen LogP contribution in [0, 0.1) is 49.9 Å². The number of phenolic OH excluding ortho intramolecular Hbond substituents is 1. The largest absolute Gasteiger partial charge is 0.505 e. The summed E-state index contributed by atoms with van der Waals surface area (Å²) < 4.78 is 97.0.